The smallest absolute Gasteiger partial charge is 0.126 e. The van der Waals surface area contributed by atoms with E-state index in [2.05, 4.69) is 29.6 Å². The van der Waals surface area contributed by atoms with Crippen LogP contribution in [0.3, 0.4) is 0 Å². The maximum atomic E-state index is 13.8. The van der Waals surface area contributed by atoms with Gasteiger partial charge in [-0.15, -0.1) is 0 Å². The first-order valence-electron chi connectivity index (χ1n) is 7.71. The Labute approximate surface area is 127 Å². The molecule has 2 rings (SSSR count). The number of benzene rings is 2. The van der Waals surface area contributed by atoms with Crippen LogP contribution in [-0.2, 0) is 12.8 Å². The van der Waals surface area contributed by atoms with Gasteiger partial charge < -0.3 is 5.32 Å². The van der Waals surface area contributed by atoms with Crippen LogP contribution >= 0.6 is 0 Å². The van der Waals surface area contributed by atoms with E-state index in [1.54, 1.807) is 12.1 Å². The van der Waals surface area contributed by atoms with Gasteiger partial charge >= 0.3 is 0 Å². The summed E-state index contributed by atoms with van der Waals surface area (Å²) >= 11 is 0. The third kappa shape index (κ3) is 5.31. The normalized spacial score (nSPS) is 12.3. The van der Waals surface area contributed by atoms with E-state index in [9.17, 15) is 4.39 Å². The zero-order valence-corrected chi connectivity index (χ0v) is 12.7. The molecule has 1 atom stereocenters. The van der Waals surface area contributed by atoms with Gasteiger partial charge in [0.2, 0.25) is 0 Å². The van der Waals surface area contributed by atoms with Gasteiger partial charge in [-0.3, -0.25) is 0 Å². The molecule has 0 heterocycles. The van der Waals surface area contributed by atoms with Gasteiger partial charge in [0.05, 0.1) is 0 Å². The van der Waals surface area contributed by atoms with Gasteiger partial charge in [-0.05, 0) is 62.4 Å². The van der Waals surface area contributed by atoms with Crippen molar-refractivity contribution in [3.05, 3.63) is 71.5 Å². The van der Waals surface area contributed by atoms with Crippen LogP contribution in [0.5, 0.6) is 0 Å². The highest BCUT2D eigenvalue weighted by molar-refractivity contribution is 5.18. The zero-order valence-electron chi connectivity index (χ0n) is 12.7. The van der Waals surface area contributed by atoms with Gasteiger partial charge in [0.1, 0.15) is 5.82 Å². The first kappa shape index (κ1) is 15.7. The van der Waals surface area contributed by atoms with Gasteiger partial charge in [0.15, 0.2) is 0 Å². The average molecular weight is 285 g/mol. The first-order valence-corrected chi connectivity index (χ1v) is 7.71. The summed E-state index contributed by atoms with van der Waals surface area (Å²) in [5.41, 5.74) is 2.21. The van der Waals surface area contributed by atoms with E-state index < -0.39 is 0 Å². The largest absolute Gasteiger partial charge is 0.319 e. The lowest BCUT2D eigenvalue weighted by molar-refractivity contribution is 0.438. The molecule has 0 aliphatic rings. The van der Waals surface area contributed by atoms with Crippen LogP contribution in [0.4, 0.5) is 4.39 Å². The summed E-state index contributed by atoms with van der Waals surface area (Å²) < 4.78 is 13.8. The molecule has 1 unspecified atom stereocenters. The predicted molar refractivity (Wildman–Crippen MR) is 86.9 cm³/mol. The summed E-state index contributed by atoms with van der Waals surface area (Å²) in [6, 6.07) is 17.7. The fraction of sp³-hybridized carbons (Fsp3) is 0.368. The second-order valence-corrected chi connectivity index (χ2v) is 5.60. The standard InChI is InChI=1S/C19H24FN/c1-21-15-17(14-18-12-5-6-13-19(18)20)11-7-10-16-8-3-2-4-9-16/h2-6,8-9,12-13,17,21H,7,10-11,14-15H2,1H3. The fourth-order valence-electron chi connectivity index (χ4n) is 2.78. The molecule has 21 heavy (non-hydrogen) atoms. The lowest BCUT2D eigenvalue weighted by Crippen LogP contribution is -2.21. The number of hydrogen-bond donors (Lipinski definition) is 1. The van der Waals surface area contributed by atoms with Crippen LogP contribution in [-0.4, -0.2) is 13.6 Å². The van der Waals surface area contributed by atoms with Crippen LogP contribution in [0, 0.1) is 11.7 Å². The Bertz CT molecular complexity index is 524. The van der Waals surface area contributed by atoms with Crippen molar-refractivity contribution in [2.75, 3.05) is 13.6 Å². The van der Waals surface area contributed by atoms with Gasteiger partial charge in [-0.25, -0.2) is 4.39 Å². The van der Waals surface area contributed by atoms with E-state index >= 15 is 0 Å². The lowest BCUT2D eigenvalue weighted by Gasteiger charge is -2.17. The molecular formula is C19H24FN. The third-order valence-corrected chi connectivity index (χ3v) is 3.88. The van der Waals surface area contributed by atoms with Crippen molar-refractivity contribution in [3.63, 3.8) is 0 Å². The molecule has 0 amide bonds. The number of halogens is 1. The quantitative estimate of drug-likeness (QED) is 0.765. The predicted octanol–water partition coefficient (Wildman–Crippen LogP) is 4.23. The topological polar surface area (TPSA) is 12.0 Å². The molecule has 0 saturated carbocycles. The fourth-order valence-corrected chi connectivity index (χ4v) is 2.78. The summed E-state index contributed by atoms with van der Waals surface area (Å²) in [4.78, 5) is 0. The van der Waals surface area contributed by atoms with E-state index in [0.717, 1.165) is 37.8 Å². The number of aryl methyl sites for hydroxylation is 1. The Kier molecular flexibility index (Phi) is 6.42. The Morgan fingerprint density at radius 3 is 2.43 bits per heavy atom. The van der Waals surface area contributed by atoms with Crippen LogP contribution in [0.15, 0.2) is 54.6 Å². The second kappa shape index (κ2) is 8.58. The van der Waals surface area contributed by atoms with Gasteiger partial charge in [0.25, 0.3) is 0 Å². The Morgan fingerprint density at radius 1 is 1.00 bits per heavy atom. The van der Waals surface area contributed by atoms with Crippen molar-refractivity contribution in [1.29, 1.82) is 0 Å². The average Bonchev–Trinajstić information content (AvgIpc) is 2.51. The van der Waals surface area contributed by atoms with Crippen molar-refractivity contribution >= 4 is 0 Å². The summed E-state index contributed by atoms with van der Waals surface area (Å²) in [7, 11) is 1.96. The molecular weight excluding hydrogens is 261 g/mol. The number of rotatable bonds is 8. The van der Waals surface area contributed by atoms with Crippen LogP contribution in [0.2, 0.25) is 0 Å². The summed E-state index contributed by atoms with van der Waals surface area (Å²) in [5, 5.41) is 3.23. The lowest BCUT2D eigenvalue weighted by atomic mass is 9.93. The highest BCUT2D eigenvalue weighted by Crippen LogP contribution is 2.17. The minimum Gasteiger partial charge on any atom is -0.319 e. The molecule has 0 fully saturated rings. The molecule has 0 aliphatic carbocycles. The molecule has 2 aromatic rings. The zero-order chi connectivity index (χ0) is 14.9. The minimum atomic E-state index is -0.0818. The Hall–Kier alpha value is -1.67. The van der Waals surface area contributed by atoms with Crippen molar-refractivity contribution in [2.45, 2.75) is 25.7 Å². The molecule has 0 radical (unpaired) electrons. The van der Waals surface area contributed by atoms with Crippen LogP contribution < -0.4 is 5.32 Å². The SMILES string of the molecule is CNCC(CCCc1ccccc1)Cc1ccccc1F. The maximum absolute atomic E-state index is 13.8. The molecule has 0 aliphatic heterocycles. The molecule has 0 bridgehead atoms. The molecule has 1 nitrogen and oxygen atoms in total. The van der Waals surface area contributed by atoms with E-state index in [1.165, 1.54) is 5.56 Å². The van der Waals surface area contributed by atoms with Gasteiger partial charge in [-0.2, -0.15) is 0 Å². The minimum absolute atomic E-state index is 0.0818. The van der Waals surface area contributed by atoms with E-state index in [-0.39, 0.29) is 5.82 Å². The van der Waals surface area contributed by atoms with Crippen molar-refractivity contribution in [2.24, 2.45) is 5.92 Å². The summed E-state index contributed by atoms with van der Waals surface area (Å²) in [6.45, 7) is 0.934. The summed E-state index contributed by atoms with van der Waals surface area (Å²) in [6.07, 6.45) is 4.16. The van der Waals surface area contributed by atoms with Crippen LogP contribution in [0.1, 0.15) is 24.0 Å². The molecule has 2 aromatic carbocycles. The number of hydrogen-bond acceptors (Lipinski definition) is 1. The third-order valence-electron chi connectivity index (χ3n) is 3.88. The Morgan fingerprint density at radius 2 is 1.71 bits per heavy atom. The summed E-state index contributed by atoms with van der Waals surface area (Å²) in [5.74, 6) is 0.400. The highest BCUT2D eigenvalue weighted by Gasteiger charge is 2.11. The van der Waals surface area contributed by atoms with Crippen molar-refractivity contribution < 1.29 is 4.39 Å². The molecule has 2 heteroatoms. The molecule has 0 aromatic heterocycles. The van der Waals surface area contributed by atoms with E-state index in [1.807, 2.05) is 25.2 Å². The highest BCUT2D eigenvalue weighted by atomic mass is 19.1. The monoisotopic (exact) mass is 285 g/mol. The van der Waals surface area contributed by atoms with Crippen molar-refractivity contribution in [1.82, 2.24) is 5.32 Å². The van der Waals surface area contributed by atoms with Crippen LogP contribution in [0.25, 0.3) is 0 Å². The van der Waals surface area contributed by atoms with Crippen molar-refractivity contribution in [3.8, 4) is 0 Å². The Balaban J connectivity index is 1.86. The van der Waals surface area contributed by atoms with Gasteiger partial charge in [0, 0.05) is 0 Å². The second-order valence-electron chi connectivity index (χ2n) is 5.60. The molecule has 112 valence electrons. The van der Waals surface area contributed by atoms with Gasteiger partial charge in [-0.1, -0.05) is 48.5 Å². The molecule has 1 N–H and O–H groups in total. The van der Waals surface area contributed by atoms with E-state index in [0.29, 0.717) is 5.92 Å². The number of nitrogens with one attached hydrogen (secondary N) is 1. The van der Waals surface area contributed by atoms with E-state index in [4.69, 9.17) is 0 Å². The first-order chi connectivity index (χ1) is 10.3. The maximum Gasteiger partial charge on any atom is 0.126 e. The molecule has 0 spiro atoms. The molecule has 0 saturated heterocycles.